The molecule has 1 rings (SSSR count). The van der Waals surface area contributed by atoms with Crippen molar-refractivity contribution in [3.05, 3.63) is 29.3 Å². The topological polar surface area (TPSA) is 41.6 Å². The third-order valence-electron chi connectivity index (χ3n) is 3.14. The predicted molar refractivity (Wildman–Crippen MR) is 78.9 cm³/mol. The Morgan fingerprint density at radius 2 is 2.11 bits per heavy atom. The average molecular weight is 264 g/mol. The molecule has 0 amide bonds. The number of esters is 1. The van der Waals surface area contributed by atoms with Gasteiger partial charge in [-0.1, -0.05) is 11.6 Å². The van der Waals surface area contributed by atoms with Crippen LogP contribution in [-0.4, -0.2) is 40.3 Å². The monoisotopic (exact) mass is 264 g/mol. The van der Waals surface area contributed by atoms with Crippen molar-refractivity contribution in [2.75, 3.05) is 39.2 Å². The number of carbonyl (C=O) groups is 1. The standard InChI is InChI=1S/C15H24N2O2/c1-12-7-8-14(13(11-12)15(18)19-4)17(3)10-6-5-9-16-2/h7-8,11,16H,5-6,9-10H2,1-4H3. The van der Waals surface area contributed by atoms with Crippen LogP contribution in [0.3, 0.4) is 0 Å². The van der Waals surface area contributed by atoms with Crippen LogP contribution in [0, 0.1) is 6.92 Å². The lowest BCUT2D eigenvalue weighted by molar-refractivity contribution is 0.0601. The van der Waals surface area contributed by atoms with Gasteiger partial charge in [-0.2, -0.15) is 0 Å². The van der Waals surface area contributed by atoms with Crippen LogP contribution in [0.5, 0.6) is 0 Å². The van der Waals surface area contributed by atoms with E-state index in [1.807, 2.05) is 39.2 Å². The molecular formula is C15H24N2O2. The largest absolute Gasteiger partial charge is 0.465 e. The van der Waals surface area contributed by atoms with E-state index in [1.54, 1.807) is 0 Å². The fourth-order valence-corrected chi connectivity index (χ4v) is 2.03. The van der Waals surface area contributed by atoms with Gasteiger partial charge < -0.3 is 15.0 Å². The molecular weight excluding hydrogens is 240 g/mol. The predicted octanol–water partition coefficient (Wildman–Crippen LogP) is 2.22. The van der Waals surface area contributed by atoms with Gasteiger partial charge in [0.2, 0.25) is 0 Å². The number of carbonyl (C=O) groups excluding carboxylic acids is 1. The number of hydrogen-bond acceptors (Lipinski definition) is 4. The molecule has 4 nitrogen and oxygen atoms in total. The summed E-state index contributed by atoms with van der Waals surface area (Å²) in [5.41, 5.74) is 2.63. The zero-order valence-corrected chi connectivity index (χ0v) is 12.3. The van der Waals surface area contributed by atoms with Crippen LogP contribution in [0.4, 0.5) is 5.69 Å². The number of nitrogens with one attached hydrogen (secondary N) is 1. The van der Waals surface area contributed by atoms with Gasteiger partial charge in [-0.3, -0.25) is 0 Å². The number of anilines is 1. The summed E-state index contributed by atoms with van der Waals surface area (Å²) in [6.45, 7) is 3.92. The van der Waals surface area contributed by atoms with Crippen molar-refractivity contribution in [1.29, 1.82) is 0 Å². The molecule has 0 atom stereocenters. The van der Waals surface area contributed by atoms with Gasteiger partial charge in [0.05, 0.1) is 18.4 Å². The summed E-state index contributed by atoms with van der Waals surface area (Å²) in [5.74, 6) is -0.277. The fraction of sp³-hybridized carbons (Fsp3) is 0.533. The average Bonchev–Trinajstić information content (AvgIpc) is 2.42. The molecule has 0 bridgehead atoms. The molecule has 0 saturated carbocycles. The fourth-order valence-electron chi connectivity index (χ4n) is 2.03. The zero-order valence-electron chi connectivity index (χ0n) is 12.3. The maximum atomic E-state index is 11.8. The minimum atomic E-state index is -0.277. The second-order valence-electron chi connectivity index (χ2n) is 4.74. The Morgan fingerprint density at radius 1 is 1.37 bits per heavy atom. The van der Waals surface area contributed by atoms with E-state index in [0.717, 1.165) is 37.2 Å². The first kappa shape index (κ1) is 15.5. The highest BCUT2D eigenvalue weighted by Crippen LogP contribution is 2.22. The molecule has 0 aliphatic rings. The third-order valence-corrected chi connectivity index (χ3v) is 3.14. The van der Waals surface area contributed by atoms with Crippen LogP contribution < -0.4 is 10.2 Å². The Kier molecular flexibility index (Phi) is 6.36. The highest BCUT2D eigenvalue weighted by atomic mass is 16.5. The van der Waals surface area contributed by atoms with Crippen molar-refractivity contribution >= 4 is 11.7 Å². The van der Waals surface area contributed by atoms with Crippen molar-refractivity contribution in [3.63, 3.8) is 0 Å². The summed E-state index contributed by atoms with van der Waals surface area (Å²) >= 11 is 0. The van der Waals surface area contributed by atoms with Gasteiger partial charge >= 0.3 is 5.97 Å². The molecule has 4 heteroatoms. The lowest BCUT2D eigenvalue weighted by Gasteiger charge is -2.22. The normalized spacial score (nSPS) is 10.3. The molecule has 0 aliphatic heterocycles. The first-order valence-corrected chi connectivity index (χ1v) is 6.65. The molecule has 0 aliphatic carbocycles. The van der Waals surface area contributed by atoms with E-state index >= 15 is 0 Å². The summed E-state index contributed by atoms with van der Waals surface area (Å²) in [6.07, 6.45) is 2.21. The number of rotatable bonds is 7. The third kappa shape index (κ3) is 4.56. The highest BCUT2D eigenvalue weighted by Gasteiger charge is 2.14. The summed E-state index contributed by atoms with van der Waals surface area (Å²) in [6, 6.07) is 5.89. The SMILES string of the molecule is CNCCCCN(C)c1ccc(C)cc1C(=O)OC. The maximum absolute atomic E-state index is 11.8. The lowest BCUT2D eigenvalue weighted by atomic mass is 10.1. The summed E-state index contributed by atoms with van der Waals surface area (Å²) in [7, 11) is 5.39. The first-order valence-electron chi connectivity index (χ1n) is 6.65. The minimum Gasteiger partial charge on any atom is -0.465 e. The Hall–Kier alpha value is -1.55. The second kappa shape index (κ2) is 7.79. The van der Waals surface area contributed by atoms with Gasteiger partial charge in [0.25, 0.3) is 0 Å². The summed E-state index contributed by atoms with van der Waals surface area (Å²) < 4.78 is 4.85. The molecule has 0 unspecified atom stereocenters. The number of methoxy groups -OCH3 is 1. The van der Waals surface area contributed by atoms with Crippen LogP contribution >= 0.6 is 0 Å². The van der Waals surface area contributed by atoms with E-state index < -0.39 is 0 Å². The quantitative estimate of drug-likeness (QED) is 0.605. The van der Waals surface area contributed by atoms with Gasteiger partial charge in [0.1, 0.15) is 0 Å². The van der Waals surface area contributed by atoms with E-state index in [-0.39, 0.29) is 5.97 Å². The van der Waals surface area contributed by atoms with E-state index in [1.165, 1.54) is 7.11 Å². The van der Waals surface area contributed by atoms with Crippen molar-refractivity contribution in [2.24, 2.45) is 0 Å². The number of nitrogens with zero attached hydrogens (tertiary/aromatic N) is 1. The van der Waals surface area contributed by atoms with Gasteiger partial charge in [0, 0.05) is 13.6 Å². The van der Waals surface area contributed by atoms with E-state index in [2.05, 4.69) is 10.2 Å². The van der Waals surface area contributed by atoms with Crippen LogP contribution in [0.15, 0.2) is 18.2 Å². The molecule has 0 aromatic heterocycles. The number of aryl methyl sites for hydroxylation is 1. The Morgan fingerprint density at radius 3 is 2.74 bits per heavy atom. The number of unbranched alkanes of at least 4 members (excludes halogenated alkanes) is 1. The van der Waals surface area contributed by atoms with Gasteiger partial charge in [0.15, 0.2) is 0 Å². The maximum Gasteiger partial charge on any atom is 0.339 e. The molecule has 0 radical (unpaired) electrons. The summed E-state index contributed by atoms with van der Waals surface area (Å²) in [4.78, 5) is 13.9. The van der Waals surface area contributed by atoms with Gasteiger partial charge in [-0.15, -0.1) is 0 Å². The Labute approximate surface area is 115 Å². The molecule has 1 N–H and O–H groups in total. The zero-order chi connectivity index (χ0) is 14.3. The molecule has 1 aromatic rings. The van der Waals surface area contributed by atoms with Crippen LogP contribution in [0.2, 0.25) is 0 Å². The molecule has 19 heavy (non-hydrogen) atoms. The van der Waals surface area contributed by atoms with E-state index in [9.17, 15) is 4.79 Å². The number of hydrogen-bond donors (Lipinski definition) is 1. The Balaban J connectivity index is 2.77. The lowest BCUT2D eigenvalue weighted by Crippen LogP contribution is -2.22. The van der Waals surface area contributed by atoms with Crippen LogP contribution in [0.25, 0.3) is 0 Å². The van der Waals surface area contributed by atoms with Crippen molar-refractivity contribution < 1.29 is 9.53 Å². The molecule has 0 fully saturated rings. The van der Waals surface area contributed by atoms with Crippen LogP contribution in [-0.2, 0) is 4.74 Å². The van der Waals surface area contributed by atoms with Gasteiger partial charge in [-0.05, 0) is 45.5 Å². The van der Waals surface area contributed by atoms with Crippen molar-refractivity contribution in [2.45, 2.75) is 19.8 Å². The van der Waals surface area contributed by atoms with E-state index in [4.69, 9.17) is 4.74 Å². The molecule has 0 spiro atoms. The number of benzene rings is 1. The van der Waals surface area contributed by atoms with Crippen molar-refractivity contribution in [3.8, 4) is 0 Å². The molecule has 1 aromatic carbocycles. The van der Waals surface area contributed by atoms with E-state index in [0.29, 0.717) is 5.56 Å². The Bertz CT molecular complexity index is 419. The van der Waals surface area contributed by atoms with Crippen LogP contribution in [0.1, 0.15) is 28.8 Å². The first-order chi connectivity index (χ1) is 9.10. The molecule has 0 heterocycles. The highest BCUT2D eigenvalue weighted by molar-refractivity contribution is 5.96. The van der Waals surface area contributed by atoms with Crippen molar-refractivity contribution in [1.82, 2.24) is 5.32 Å². The minimum absolute atomic E-state index is 0.277. The van der Waals surface area contributed by atoms with Gasteiger partial charge in [-0.25, -0.2) is 4.79 Å². The second-order valence-corrected chi connectivity index (χ2v) is 4.74. The summed E-state index contributed by atoms with van der Waals surface area (Å²) in [5, 5.41) is 3.13. The smallest absolute Gasteiger partial charge is 0.339 e. The molecule has 106 valence electrons. The number of ether oxygens (including phenoxy) is 1. The molecule has 0 saturated heterocycles.